The van der Waals surface area contributed by atoms with Crippen LogP contribution < -0.4 is 0 Å². The number of carbonyl (C=O) groups excluding carboxylic acids is 2. The predicted octanol–water partition coefficient (Wildman–Crippen LogP) is 1.72. The van der Waals surface area contributed by atoms with Crippen LogP contribution in [0.25, 0.3) is 0 Å². The van der Waals surface area contributed by atoms with Gasteiger partial charge in [0.1, 0.15) is 11.6 Å². The fourth-order valence-corrected chi connectivity index (χ4v) is 5.81. The van der Waals surface area contributed by atoms with Gasteiger partial charge in [-0.3, -0.25) is 9.59 Å². The third-order valence-electron chi connectivity index (χ3n) is 8.08. The van der Waals surface area contributed by atoms with Crippen LogP contribution in [0.15, 0.2) is 0 Å². The van der Waals surface area contributed by atoms with Gasteiger partial charge in [0.05, 0.1) is 30.8 Å². The van der Waals surface area contributed by atoms with Crippen molar-refractivity contribution in [2.24, 2.45) is 28.6 Å². The molecule has 2 bridgehead atoms. The summed E-state index contributed by atoms with van der Waals surface area (Å²) in [5.41, 5.74) is -1.04. The van der Waals surface area contributed by atoms with E-state index >= 15 is 0 Å². The van der Waals surface area contributed by atoms with E-state index in [1.165, 1.54) is 0 Å². The minimum absolute atomic E-state index is 0.00421. The van der Waals surface area contributed by atoms with Crippen molar-refractivity contribution >= 4 is 11.6 Å². The molecule has 0 amide bonds. The maximum absolute atomic E-state index is 13.7. The first-order valence-electron chi connectivity index (χ1n) is 10.7. The number of ether oxygens (including phenoxy) is 3. The number of rotatable bonds is 7. The zero-order valence-electron chi connectivity index (χ0n) is 18.2. The second-order valence-corrected chi connectivity index (χ2v) is 9.77. The highest BCUT2D eigenvalue weighted by Gasteiger charge is 2.64. The van der Waals surface area contributed by atoms with Gasteiger partial charge in [-0.05, 0) is 25.7 Å². The average molecular weight is 413 g/mol. The summed E-state index contributed by atoms with van der Waals surface area (Å²) < 4.78 is 17.4. The Morgan fingerprint density at radius 3 is 2.55 bits per heavy atom. The van der Waals surface area contributed by atoms with Crippen molar-refractivity contribution in [3.8, 4) is 0 Å². The molecule has 0 spiro atoms. The summed E-state index contributed by atoms with van der Waals surface area (Å²) in [6.45, 7) is 5.57. The van der Waals surface area contributed by atoms with Gasteiger partial charge in [0.25, 0.3) is 0 Å². The molecule has 2 saturated carbocycles. The monoisotopic (exact) mass is 412 g/mol. The fraction of sp³-hybridized carbons (Fsp3) is 0.909. The van der Waals surface area contributed by atoms with Crippen LogP contribution in [-0.4, -0.2) is 67.2 Å². The molecule has 0 aromatic heterocycles. The Bertz CT molecular complexity index is 637. The lowest BCUT2D eigenvalue weighted by Crippen LogP contribution is -2.54. The molecule has 3 rings (SSSR count). The van der Waals surface area contributed by atoms with Gasteiger partial charge < -0.3 is 24.4 Å². The quantitative estimate of drug-likeness (QED) is 0.656. The smallest absolute Gasteiger partial charge is 0.162 e. The normalized spacial score (nSPS) is 45.6. The number of hydrogen-bond donors (Lipinski definition) is 2. The summed E-state index contributed by atoms with van der Waals surface area (Å²) >= 11 is 0. The van der Waals surface area contributed by atoms with E-state index in [1.54, 1.807) is 21.1 Å². The number of fused-ring (bicyclic) bond motifs is 4. The van der Waals surface area contributed by atoms with Crippen molar-refractivity contribution in [3.63, 3.8) is 0 Å². The zero-order chi connectivity index (χ0) is 21.6. The molecule has 1 heterocycles. The summed E-state index contributed by atoms with van der Waals surface area (Å²) in [5, 5.41) is 19.7. The lowest BCUT2D eigenvalue weighted by atomic mass is 9.54. The topological polar surface area (TPSA) is 102 Å². The van der Waals surface area contributed by atoms with Gasteiger partial charge in [-0.15, -0.1) is 0 Å². The lowest BCUT2D eigenvalue weighted by Gasteiger charge is -2.50. The van der Waals surface area contributed by atoms with E-state index in [2.05, 4.69) is 6.92 Å². The minimum Gasteiger partial charge on any atom is -0.396 e. The van der Waals surface area contributed by atoms with E-state index in [4.69, 9.17) is 14.2 Å². The van der Waals surface area contributed by atoms with E-state index in [9.17, 15) is 19.8 Å². The van der Waals surface area contributed by atoms with Crippen molar-refractivity contribution in [2.75, 3.05) is 20.8 Å². The Labute approximate surface area is 173 Å². The maximum atomic E-state index is 13.7. The van der Waals surface area contributed by atoms with Crippen molar-refractivity contribution in [2.45, 2.75) is 77.5 Å². The Kier molecular flexibility index (Phi) is 6.57. The molecule has 1 saturated heterocycles. The van der Waals surface area contributed by atoms with Crippen LogP contribution in [0.4, 0.5) is 0 Å². The highest BCUT2D eigenvalue weighted by atomic mass is 16.6. The first kappa shape index (κ1) is 22.8. The van der Waals surface area contributed by atoms with Crippen molar-refractivity contribution in [3.05, 3.63) is 0 Å². The van der Waals surface area contributed by atoms with Crippen LogP contribution in [-0.2, 0) is 23.8 Å². The summed E-state index contributed by atoms with van der Waals surface area (Å²) in [5.74, 6) is -0.861. The molecule has 3 fully saturated rings. The van der Waals surface area contributed by atoms with Crippen LogP contribution in [0.5, 0.6) is 0 Å². The average Bonchev–Trinajstić information content (AvgIpc) is 3.00. The van der Waals surface area contributed by atoms with E-state index in [0.717, 1.165) is 6.42 Å². The second-order valence-electron chi connectivity index (χ2n) is 9.77. The van der Waals surface area contributed by atoms with Crippen LogP contribution >= 0.6 is 0 Å². The summed E-state index contributed by atoms with van der Waals surface area (Å²) in [6.07, 6.45) is 0.717. The molecular weight excluding hydrogens is 376 g/mol. The van der Waals surface area contributed by atoms with Gasteiger partial charge in [-0.25, -0.2) is 0 Å². The molecule has 0 aromatic rings. The Morgan fingerprint density at radius 1 is 1.28 bits per heavy atom. The number of aliphatic hydroxyl groups is 2. The zero-order valence-corrected chi connectivity index (χ0v) is 18.2. The van der Waals surface area contributed by atoms with Crippen LogP contribution in [0.3, 0.4) is 0 Å². The molecule has 3 aliphatic rings. The third-order valence-corrected chi connectivity index (χ3v) is 8.08. The van der Waals surface area contributed by atoms with Gasteiger partial charge >= 0.3 is 0 Å². The number of Topliss-reactive ketones (excluding diaryl/α,β-unsaturated/α-hetero) is 2. The number of carbonyl (C=O) groups is 2. The van der Waals surface area contributed by atoms with Gasteiger partial charge in [0.15, 0.2) is 6.29 Å². The van der Waals surface area contributed by atoms with Gasteiger partial charge in [-0.2, -0.15) is 0 Å². The van der Waals surface area contributed by atoms with E-state index in [0.29, 0.717) is 25.7 Å². The largest absolute Gasteiger partial charge is 0.396 e. The van der Waals surface area contributed by atoms with Gasteiger partial charge in [-0.1, -0.05) is 20.8 Å². The molecule has 166 valence electrons. The van der Waals surface area contributed by atoms with E-state index in [1.807, 2.05) is 6.92 Å². The maximum Gasteiger partial charge on any atom is 0.162 e. The summed E-state index contributed by atoms with van der Waals surface area (Å²) in [4.78, 5) is 26.0. The molecule has 0 aromatic carbocycles. The third kappa shape index (κ3) is 3.69. The van der Waals surface area contributed by atoms with Crippen LogP contribution in [0.1, 0.15) is 52.9 Å². The number of hydrogen-bond acceptors (Lipinski definition) is 7. The molecule has 29 heavy (non-hydrogen) atoms. The molecular formula is C22H36O7. The lowest BCUT2D eigenvalue weighted by molar-refractivity contribution is -0.192. The molecule has 0 radical (unpaired) electrons. The fourth-order valence-electron chi connectivity index (χ4n) is 5.81. The first-order valence-corrected chi connectivity index (χ1v) is 10.7. The van der Waals surface area contributed by atoms with Crippen molar-refractivity contribution in [1.82, 2.24) is 0 Å². The van der Waals surface area contributed by atoms with E-state index < -0.39 is 23.0 Å². The standard InChI is InChI=1S/C22H36O7/c1-12(11-23)14(24)6-7-21(2)8-9-22(3)13(18(21)25)10-15(27-4)16-17(28-5)19(22)29-20(16)26/h12-13,15-17,19-20,23,26H,6-11H2,1-5H3/t12-,13+,15+,16-,17-,19-,20-,21+,22+/m0/s1. The van der Waals surface area contributed by atoms with Crippen LogP contribution in [0.2, 0.25) is 0 Å². The Balaban J connectivity index is 1.86. The molecule has 0 unspecified atom stereocenters. The molecule has 2 aliphatic carbocycles. The Hall–Kier alpha value is -0.860. The van der Waals surface area contributed by atoms with E-state index in [-0.39, 0.29) is 48.3 Å². The van der Waals surface area contributed by atoms with Crippen molar-refractivity contribution < 1.29 is 34.0 Å². The first-order chi connectivity index (χ1) is 13.6. The molecule has 7 heteroatoms. The number of ketones is 2. The van der Waals surface area contributed by atoms with Crippen LogP contribution in [0, 0.1) is 28.6 Å². The molecule has 7 nitrogen and oxygen atoms in total. The number of aliphatic hydroxyl groups excluding tert-OH is 2. The molecule has 1 aliphatic heterocycles. The molecule has 9 atom stereocenters. The van der Waals surface area contributed by atoms with Gasteiger partial charge in [0.2, 0.25) is 0 Å². The minimum atomic E-state index is -0.964. The highest BCUT2D eigenvalue weighted by molar-refractivity contribution is 5.89. The number of methoxy groups -OCH3 is 2. The summed E-state index contributed by atoms with van der Waals surface area (Å²) in [7, 11) is 3.21. The second kappa shape index (κ2) is 8.35. The highest BCUT2D eigenvalue weighted by Crippen LogP contribution is 2.58. The summed E-state index contributed by atoms with van der Waals surface area (Å²) in [6, 6.07) is 0. The van der Waals surface area contributed by atoms with Crippen molar-refractivity contribution in [1.29, 1.82) is 0 Å². The SMILES string of the molecule is CO[C@H]1[C@H]2[C@@H](O)O[C@@H]1[C@]1(C)CC[C@@](C)(CCC(=O)[C@@H](C)CO)C(=O)[C@H]1C[C@H]2OC. The van der Waals surface area contributed by atoms with Gasteiger partial charge in [0, 0.05) is 43.3 Å². The predicted molar refractivity (Wildman–Crippen MR) is 105 cm³/mol. The Morgan fingerprint density at radius 2 is 1.97 bits per heavy atom. The molecule has 2 N–H and O–H groups in total.